The van der Waals surface area contributed by atoms with Crippen molar-refractivity contribution in [1.29, 1.82) is 0 Å². The van der Waals surface area contributed by atoms with Gasteiger partial charge in [0.05, 0.1) is 32.1 Å². The van der Waals surface area contributed by atoms with Crippen LogP contribution in [0.3, 0.4) is 0 Å². The lowest BCUT2D eigenvalue weighted by molar-refractivity contribution is -0.142. The van der Waals surface area contributed by atoms with Gasteiger partial charge in [0.2, 0.25) is 5.91 Å². The average molecular weight is 594 g/mol. The maximum atomic E-state index is 13.5. The van der Waals surface area contributed by atoms with Crippen LogP contribution in [0.25, 0.3) is 0 Å². The van der Waals surface area contributed by atoms with Crippen molar-refractivity contribution in [2.24, 2.45) is 11.3 Å². The van der Waals surface area contributed by atoms with Gasteiger partial charge in [0.1, 0.15) is 18.1 Å². The highest BCUT2D eigenvalue weighted by molar-refractivity contribution is 5.82. The van der Waals surface area contributed by atoms with Crippen molar-refractivity contribution in [3.05, 3.63) is 53.6 Å². The smallest absolute Gasteiger partial charge is 0.228 e. The molecule has 0 unspecified atom stereocenters. The summed E-state index contributed by atoms with van der Waals surface area (Å²) in [7, 11) is 3.46. The lowest BCUT2D eigenvalue weighted by atomic mass is 9.70. The number of ether oxygens (including phenoxy) is 4. The molecule has 2 aliphatic heterocycles. The zero-order valence-electron chi connectivity index (χ0n) is 26.6. The molecule has 1 saturated heterocycles. The first kappa shape index (κ1) is 31.6. The maximum Gasteiger partial charge on any atom is 0.228 e. The summed E-state index contributed by atoms with van der Waals surface area (Å²) in [6.07, 6.45) is 5.07. The summed E-state index contributed by atoms with van der Waals surface area (Å²) in [4.78, 5) is 17.9. The number of hydrogen-bond donors (Lipinski definition) is 1. The minimum atomic E-state index is -0.375. The van der Waals surface area contributed by atoms with Crippen molar-refractivity contribution < 1.29 is 23.7 Å². The van der Waals surface area contributed by atoms with Gasteiger partial charge in [-0.25, -0.2) is 0 Å². The van der Waals surface area contributed by atoms with Crippen molar-refractivity contribution in [2.75, 3.05) is 71.6 Å². The molecule has 2 fully saturated rings. The average Bonchev–Trinajstić information content (AvgIpc) is 3.04. The second kappa shape index (κ2) is 14.8. The third-order valence-electron chi connectivity index (χ3n) is 9.44. The Kier molecular flexibility index (Phi) is 10.9. The molecular formula is C35H51N3O5. The molecule has 1 amide bonds. The summed E-state index contributed by atoms with van der Waals surface area (Å²) < 4.78 is 23.4. The number of piperazine rings is 1. The Hall–Kier alpha value is -2.81. The Balaban J connectivity index is 1.27. The summed E-state index contributed by atoms with van der Waals surface area (Å²) in [6.45, 7) is 11.5. The molecule has 0 bridgehead atoms. The quantitative estimate of drug-likeness (QED) is 0.337. The first-order chi connectivity index (χ1) is 20.9. The number of nitrogens with one attached hydrogen (secondary N) is 1. The Bertz CT molecular complexity index is 1180. The Morgan fingerprint density at radius 3 is 2.58 bits per heavy atom. The summed E-state index contributed by atoms with van der Waals surface area (Å²) in [5, 5.41) is 3.36. The predicted octanol–water partition coefficient (Wildman–Crippen LogP) is 5.25. The van der Waals surface area contributed by atoms with Crippen LogP contribution in [0.15, 0.2) is 42.5 Å². The molecule has 0 aromatic heterocycles. The zero-order valence-corrected chi connectivity index (χ0v) is 26.6. The van der Waals surface area contributed by atoms with E-state index in [0.717, 1.165) is 95.2 Å². The highest BCUT2D eigenvalue weighted by Crippen LogP contribution is 2.44. The number of carbonyl (C=O) groups is 1. The molecular weight excluding hydrogens is 542 g/mol. The lowest BCUT2D eigenvalue weighted by Gasteiger charge is -2.41. The highest BCUT2D eigenvalue weighted by Gasteiger charge is 2.39. The van der Waals surface area contributed by atoms with Crippen LogP contribution in [0.2, 0.25) is 0 Å². The summed E-state index contributed by atoms with van der Waals surface area (Å²) >= 11 is 0. The molecule has 1 N–H and O–H groups in total. The fourth-order valence-corrected chi connectivity index (χ4v) is 7.17. The van der Waals surface area contributed by atoms with Crippen LogP contribution < -0.4 is 19.7 Å². The molecule has 2 aromatic carbocycles. The molecule has 236 valence electrons. The van der Waals surface area contributed by atoms with E-state index in [-0.39, 0.29) is 17.4 Å². The fourth-order valence-electron chi connectivity index (χ4n) is 7.17. The fraction of sp³-hybridized carbons (Fsp3) is 0.629. The van der Waals surface area contributed by atoms with Crippen LogP contribution >= 0.6 is 0 Å². The Morgan fingerprint density at radius 2 is 1.84 bits per heavy atom. The van der Waals surface area contributed by atoms with Gasteiger partial charge in [-0.05, 0) is 73.4 Å². The standard InChI is InChI=1S/C35H51N3O5/c1-35(2,34(39)38-17-14-36-15-18-38)24-26-6-12-32(30(22-26)28-8-10-29(41-4)11-9-28)43-25-27-7-13-33-31(23-27)37(19-21-42-33)16-5-20-40-3/h7-11,13,23,26,30,32,36H,5-6,12,14-22,24-25H2,1-4H3/t26-,30+,32-/m0/s1. The van der Waals surface area contributed by atoms with E-state index in [0.29, 0.717) is 25.0 Å². The molecule has 3 aliphatic rings. The van der Waals surface area contributed by atoms with E-state index in [2.05, 4.69) is 71.4 Å². The van der Waals surface area contributed by atoms with E-state index in [9.17, 15) is 4.79 Å². The van der Waals surface area contributed by atoms with Gasteiger partial charge in [0.15, 0.2) is 0 Å². The second-order valence-electron chi connectivity index (χ2n) is 13.0. The minimum Gasteiger partial charge on any atom is -0.497 e. The van der Waals surface area contributed by atoms with Crippen molar-refractivity contribution in [3.63, 3.8) is 0 Å². The van der Waals surface area contributed by atoms with Gasteiger partial charge in [0.25, 0.3) is 0 Å². The molecule has 5 rings (SSSR count). The van der Waals surface area contributed by atoms with Gasteiger partial charge in [-0.3, -0.25) is 4.79 Å². The van der Waals surface area contributed by atoms with Crippen LogP contribution in [0.5, 0.6) is 11.5 Å². The molecule has 8 heteroatoms. The van der Waals surface area contributed by atoms with Crippen molar-refractivity contribution in [3.8, 4) is 11.5 Å². The summed E-state index contributed by atoms with van der Waals surface area (Å²) in [5.41, 5.74) is 3.22. The highest BCUT2D eigenvalue weighted by atomic mass is 16.5. The third-order valence-corrected chi connectivity index (χ3v) is 9.44. The van der Waals surface area contributed by atoms with Crippen molar-refractivity contribution >= 4 is 11.6 Å². The monoisotopic (exact) mass is 593 g/mol. The van der Waals surface area contributed by atoms with Crippen LogP contribution in [0, 0.1) is 11.3 Å². The van der Waals surface area contributed by atoms with E-state index in [1.54, 1.807) is 14.2 Å². The lowest BCUT2D eigenvalue weighted by Crippen LogP contribution is -2.51. The molecule has 3 atom stereocenters. The molecule has 0 spiro atoms. The first-order valence-electron chi connectivity index (χ1n) is 16.1. The van der Waals surface area contributed by atoms with E-state index in [1.807, 2.05) is 0 Å². The molecule has 8 nitrogen and oxygen atoms in total. The number of methoxy groups -OCH3 is 2. The van der Waals surface area contributed by atoms with Crippen LogP contribution in [0.4, 0.5) is 5.69 Å². The maximum absolute atomic E-state index is 13.5. The van der Waals surface area contributed by atoms with Crippen molar-refractivity contribution in [1.82, 2.24) is 10.2 Å². The van der Waals surface area contributed by atoms with Gasteiger partial charge in [-0.2, -0.15) is 0 Å². The Morgan fingerprint density at radius 1 is 1.05 bits per heavy atom. The largest absolute Gasteiger partial charge is 0.497 e. The first-order valence-corrected chi connectivity index (χ1v) is 16.1. The van der Waals surface area contributed by atoms with E-state index >= 15 is 0 Å². The predicted molar refractivity (Wildman–Crippen MR) is 170 cm³/mol. The number of fused-ring (bicyclic) bond motifs is 1. The minimum absolute atomic E-state index is 0.113. The normalized spacial score (nSPS) is 22.6. The van der Waals surface area contributed by atoms with Crippen LogP contribution in [-0.4, -0.2) is 83.6 Å². The number of hydrogen-bond acceptors (Lipinski definition) is 7. The third kappa shape index (κ3) is 8.02. The van der Waals surface area contributed by atoms with Crippen LogP contribution in [0.1, 0.15) is 63.0 Å². The molecule has 0 radical (unpaired) electrons. The molecule has 2 heterocycles. The van der Waals surface area contributed by atoms with E-state index < -0.39 is 0 Å². The molecule has 43 heavy (non-hydrogen) atoms. The van der Waals surface area contributed by atoms with Gasteiger partial charge in [-0.15, -0.1) is 0 Å². The SMILES string of the molecule is COCCCN1CCOc2ccc(CO[C@H]3CC[C@H](CC(C)(C)C(=O)N4CCNCC4)C[C@@H]3c3ccc(OC)cc3)cc21. The second-order valence-corrected chi connectivity index (χ2v) is 13.0. The van der Waals surface area contributed by atoms with Gasteiger partial charge in [0, 0.05) is 57.8 Å². The summed E-state index contributed by atoms with van der Waals surface area (Å²) in [6, 6.07) is 14.9. The van der Waals surface area contributed by atoms with Crippen LogP contribution in [-0.2, 0) is 20.9 Å². The number of benzene rings is 2. The molecule has 1 saturated carbocycles. The zero-order chi connectivity index (χ0) is 30.2. The Labute approximate surface area is 258 Å². The number of anilines is 1. The number of nitrogens with zero attached hydrogens (tertiary/aromatic N) is 2. The van der Waals surface area contributed by atoms with Gasteiger partial charge in [-0.1, -0.05) is 32.0 Å². The van der Waals surface area contributed by atoms with E-state index in [4.69, 9.17) is 18.9 Å². The number of rotatable bonds is 12. The molecule has 2 aromatic rings. The number of amides is 1. The van der Waals surface area contributed by atoms with Gasteiger partial charge < -0.3 is 34.1 Å². The number of carbonyl (C=O) groups excluding carboxylic acids is 1. The van der Waals surface area contributed by atoms with E-state index in [1.165, 1.54) is 11.1 Å². The topological polar surface area (TPSA) is 72.5 Å². The van der Waals surface area contributed by atoms with Crippen molar-refractivity contribution in [2.45, 2.75) is 64.6 Å². The van der Waals surface area contributed by atoms with Gasteiger partial charge >= 0.3 is 0 Å². The summed E-state index contributed by atoms with van der Waals surface area (Å²) in [5.74, 6) is 2.84. The molecule has 1 aliphatic carbocycles.